The Bertz CT molecular complexity index is 360. The highest BCUT2D eigenvalue weighted by Crippen LogP contribution is 2.25. The van der Waals surface area contributed by atoms with Crippen LogP contribution in [0.3, 0.4) is 0 Å². The van der Waals surface area contributed by atoms with Gasteiger partial charge in [-0.3, -0.25) is 0 Å². The molecule has 2 N–H and O–H groups in total. The summed E-state index contributed by atoms with van der Waals surface area (Å²) in [6, 6.07) is 2.65. The van der Waals surface area contributed by atoms with Crippen molar-refractivity contribution in [2.45, 2.75) is 12.7 Å². The second-order valence-corrected chi connectivity index (χ2v) is 5.56. The van der Waals surface area contributed by atoms with Crippen molar-refractivity contribution in [1.29, 1.82) is 0 Å². The number of hydrogen-bond donors (Lipinski definition) is 1. The number of rotatable bonds is 5. The molecule has 0 saturated heterocycles. The quantitative estimate of drug-likeness (QED) is 0.842. The molecule has 0 bridgehead atoms. The lowest BCUT2D eigenvalue weighted by Gasteiger charge is -2.09. The maximum absolute atomic E-state index is 13.5. The lowest BCUT2D eigenvalue weighted by Crippen LogP contribution is -2.13. The fourth-order valence-electron chi connectivity index (χ4n) is 1.13. The standard InChI is InChI=1S/C11H14BrF2NS/c1-7(4-15)5-16-6-8-10(13)3-2-9(12)11(8)14/h2-3,7H,4-6,15H2,1H3. The maximum Gasteiger partial charge on any atom is 0.144 e. The molecule has 0 radical (unpaired) electrons. The summed E-state index contributed by atoms with van der Waals surface area (Å²) in [6.07, 6.45) is 0. The van der Waals surface area contributed by atoms with Crippen LogP contribution in [0.25, 0.3) is 0 Å². The van der Waals surface area contributed by atoms with Crippen LogP contribution in [0.4, 0.5) is 8.78 Å². The van der Waals surface area contributed by atoms with Gasteiger partial charge in [0.05, 0.1) is 4.47 Å². The Balaban J connectivity index is 2.63. The van der Waals surface area contributed by atoms with Crippen LogP contribution in [0.5, 0.6) is 0 Å². The monoisotopic (exact) mass is 309 g/mol. The molecule has 1 nitrogen and oxygen atoms in total. The van der Waals surface area contributed by atoms with Crippen LogP contribution in [0.2, 0.25) is 0 Å². The first-order chi connectivity index (χ1) is 7.56. The molecule has 1 rings (SSSR count). The van der Waals surface area contributed by atoms with Crippen molar-refractivity contribution in [1.82, 2.24) is 0 Å². The van der Waals surface area contributed by atoms with E-state index in [9.17, 15) is 8.78 Å². The van der Waals surface area contributed by atoms with Gasteiger partial charge in [0.25, 0.3) is 0 Å². The van der Waals surface area contributed by atoms with Crippen LogP contribution in [-0.2, 0) is 5.75 Å². The third-order valence-electron chi connectivity index (χ3n) is 2.19. The maximum atomic E-state index is 13.5. The van der Waals surface area contributed by atoms with Gasteiger partial charge in [0.2, 0.25) is 0 Å². The molecular weight excluding hydrogens is 296 g/mol. The van der Waals surface area contributed by atoms with Crippen LogP contribution in [-0.4, -0.2) is 12.3 Å². The van der Waals surface area contributed by atoms with Gasteiger partial charge in [0, 0.05) is 11.3 Å². The minimum atomic E-state index is -0.507. The average molecular weight is 310 g/mol. The summed E-state index contributed by atoms with van der Waals surface area (Å²) >= 11 is 4.54. The summed E-state index contributed by atoms with van der Waals surface area (Å²) in [6.45, 7) is 2.61. The minimum Gasteiger partial charge on any atom is -0.330 e. The summed E-state index contributed by atoms with van der Waals surface area (Å²) in [5.74, 6) is 0.508. The molecule has 5 heteroatoms. The molecule has 0 aromatic heterocycles. The van der Waals surface area contributed by atoms with E-state index in [4.69, 9.17) is 5.73 Å². The molecule has 0 saturated carbocycles. The predicted molar refractivity (Wildman–Crippen MR) is 68.4 cm³/mol. The van der Waals surface area contributed by atoms with Crippen LogP contribution < -0.4 is 5.73 Å². The zero-order chi connectivity index (χ0) is 12.1. The van der Waals surface area contributed by atoms with Crippen molar-refractivity contribution in [2.75, 3.05) is 12.3 Å². The van der Waals surface area contributed by atoms with Crippen LogP contribution >= 0.6 is 27.7 Å². The third-order valence-corrected chi connectivity index (χ3v) is 4.10. The summed E-state index contributed by atoms with van der Waals surface area (Å²) in [4.78, 5) is 0. The molecule has 90 valence electrons. The molecule has 1 aromatic carbocycles. The van der Waals surface area contributed by atoms with E-state index in [-0.39, 0.29) is 5.56 Å². The summed E-state index contributed by atoms with van der Waals surface area (Å²) in [5, 5.41) is 0. The van der Waals surface area contributed by atoms with E-state index in [0.29, 0.717) is 22.7 Å². The second kappa shape index (κ2) is 6.57. The average Bonchev–Trinajstić information content (AvgIpc) is 2.28. The number of thioether (sulfide) groups is 1. The molecule has 1 unspecified atom stereocenters. The Morgan fingerprint density at radius 3 is 2.75 bits per heavy atom. The lowest BCUT2D eigenvalue weighted by molar-refractivity contribution is 0.561. The summed E-state index contributed by atoms with van der Waals surface area (Å²) in [7, 11) is 0. The fourth-order valence-corrected chi connectivity index (χ4v) is 2.63. The third kappa shape index (κ3) is 3.71. The first kappa shape index (κ1) is 13.9. The highest BCUT2D eigenvalue weighted by Gasteiger charge is 2.12. The zero-order valence-electron chi connectivity index (χ0n) is 8.97. The van der Waals surface area contributed by atoms with Crippen molar-refractivity contribution in [3.8, 4) is 0 Å². The predicted octanol–water partition coefficient (Wildman–Crippen LogP) is 3.56. The lowest BCUT2D eigenvalue weighted by atomic mass is 10.2. The topological polar surface area (TPSA) is 26.0 Å². The van der Waals surface area contributed by atoms with Gasteiger partial charge in [0.1, 0.15) is 11.6 Å². The molecule has 16 heavy (non-hydrogen) atoms. The molecule has 0 aliphatic carbocycles. The van der Waals surface area contributed by atoms with E-state index in [1.165, 1.54) is 23.9 Å². The van der Waals surface area contributed by atoms with E-state index in [1.54, 1.807) is 0 Å². The smallest absolute Gasteiger partial charge is 0.144 e. The van der Waals surface area contributed by atoms with E-state index in [0.717, 1.165) is 5.75 Å². The number of benzene rings is 1. The van der Waals surface area contributed by atoms with Gasteiger partial charge in [-0.15, -0.1) is 0 Å². The van der Waals surface area contributed by atoms with Crippen molar-refractivity contribution >= 4 is 27.7 Å². The van der Waals surface area contributed by atoms with Gasteiger partial charge in [-0.05, 0) is 46.3 Å². The Morgan fingerprint density at radius 2 is 2.12 bits per heavy atom. The molecule has 0 amide bonds. The highest BCUT2D eigenvalue weighted by molar-refractivity contribution is 9.10. The molecule has 0 fully saturated rings. The molecule has 0 aliphatic heterocycles. The van der Waals surface area contributed by atoms with E-state index < -0.39 is 11.6 Å². The number of halogens is 3. The molecule has 0 heterocycles. The van der Waals surface area contributed by atoms with Gasteiger partial charge in [0.15, 0.2) is 0 Å². The van der Waals surface area contributed by atoms with Crippen LogP contribution in [0, 0.1) is 17.6 Å². The summed E-state index contributed by atoms with van der Waals surface area (Å²) in [5.41, 5.74) is 5.59. The van der Waals surface area contributed by atoms with Crippen LogP contribution in [0.1, 0.15) is 12.5 Å². The number of hydrogen-bond acceptors (Lipinski definition) is 2. The molecule has 0 spiro atoms. The molecule has 0 aliphatic rings. The van der Waals surface area contributed by atoms with E-state index >= 15 is 0 Å². The van der Waals surface area contributed by atoms with Gasteiger partial charge in [-0.25, -0.2) is 8.78 Å². The summed E-state index contributed by atoms with van der Waals surface area (Å²) < 4.78 is 27.2. The Labute approximate surface area is 107 Å². The van der Waals surface area contributed by atoms with Gasteiger partial charge in [-0.1, -0.05) is 6.92 Å². The second-order valence-electron chi connectivity index (χ2n) is 3.68. The van der Waals surface area contributed by atoms with Gasteiger partial charge >= 0.3 is 0 Å². The fraction of sp³-hybridized carbons (Fsp3) is 0.455. The van der Waals surface area contributed by atoms with Crippen molar-refractivity contribution in [3.63, 3.8) is 0 Å². The Morgan fingerprint density at radius 1 is 1.44 bits per heavy atom. The Hall–Kier alpha value is -0.130. The SMILES string of the molecule is CC(CN)CSCc1c(F)ccc(Br)c1F. The molecule has 1 atom stereocenters. The number of nitrogens with two attached hydrogens (primary N) is 1. The molecule has 1 aromatic rings. The highest BCUT2D eigenvalue weighted by atomic mass is 79.9. The van der Waals surface area contributed by atoms with E-state index in [2.05, 4.69) is 15.9 Å². The zero-order valence-corrected chi connectivity index (χ0v) is 11.4. The minimum absolute atomic E-state index is 0.128. The normalized spacial score (nSPS) is 12.8. The van der Waals surface area contributed by atoms with E-state index in [1.807, 2.05) is 6.92 Å². The van der Waals surface area contributed by atoms with Crippen molar-refractivity contribution < 1.29 is 8.78 Å². The first-order valence-electron chi connectivity index (χ1n) is 4.96. The van der Waals surface area contributed by atoms with Gasteiger partial charge < -0.3 is 5.73 Å². The van der Waals surface area contributed by atoms with Crippen LogP contribution in [0.15, 0.2) is 16.6 Å². The van der Waals surface area contributed by atoms with Gasteiger partial charge in [-0.2, -0.15) is 11.8 Å². The Kier molecular flexibility index (Phi) is 5.72. The van der Waals surface area contributed by atoms with Crippen molar-refractivity contribution in [2.24, 2.45) is 11.7 Å². The molecular formula is C11H14BrF2NS. The van der Waals surface area contributed by atoms with Crippen molar-refractivity contribution in [3.05, 3.63) is 33.8 Å². The largest absolute Gasteiger partial charge is 0.330 e. The first-order valence-corrected chi connectivity index (χ1v) is 6.91.